The van der Waals surface area contributed by atoms with Crippen LogP contribution in [0.25, 0.3) is 0 Å². The molecule has 0 fully saturated rings. The number of nitrogens with one attached hydrogen (secondary N) is 2. The number of amides is 2. The van der Waals surface area contributed by atoms with Gasteiger partial charge in [0.25, 0.3) is 11.8 Å². The van der Waals surface area contributed by atoms with Gasteiger partial charge in [-0.25, -0.2) is 9.59 Å². The summed E-state index contributed by atoms with van der Waals surface area (Å²) in [5, 5.41) is 1.54. The first-order chi connectivity index (χ1) is 13.9. The van der Waals surface area contributed by atoms with Gasteiger partial charge in [0.05, 0.1) is 14.2 Å². The molecule has 0 aliphatic heterocycles. The SMILES string of the molecule is CCS(NC(=O)C(=O)C(C)C)(SCC(NC(=O)C(=O)C(C)C)C(=O)OC)C(=O)OC. The predicted octanol–water partition coefficient (Wildman–Crippen LogP) is 1.36. The van der Waals surface area contributed by atoms with E-state index in [-0.39, 0.29) is 11.5 Å². The van der Waals surface area contributed by atoms with Crippen molar-refractivity contribution < 1.29 is 38.2 Å². The van der Waals surface area contributed by atoms with Crippen LogP contribution in [-0.4, -0.2) is 66.4 Å². The molecule has 2 atom stereocenters. The number of esters is 1. The van der Waals surface area contributed by atoms with E-state index in [1.807, 2.05) is 0 Å². The standard InChI is InChI=1S/C18H30N2O8S2/c1-8-30(18(26)28-7,20-16(24)14(22)11(4)5)29-9-12(17(25)27-6)19-15(23)13(21)10(2)3/h10-12H,8-9H2,1-7H3,(H,19,23)(H,20,24). The van der Waals surface area contributed by atoms with Crippen molar-refractivity contribution in [2.75, 3.05) is 25.7 Å². The number of ether oxygens (including phenoxy) is 2. The molecule has 2 N–H and O–H groups in total. The third-order valence-corrected chi connectivity index (χ3v) is 9.71. The molecule has 0 bridgehead atoms. The smallest absolute Gasteiger partial charge is 0.375 e. The number of hydrogen-bond donors (Lipinski definition) is 2. The minimum absolute atomic E-state index is 0.105. The summed E-state index contributed by atoms with van der Waals surface area (Å²) in [5.41, 5.74) is 0. The summed E-state index contributed by atoms with van der Waals surface area (Å²) in [5.74, 6) is -5.39. The maximum Gasteiger partial charge on any atom is 0.375 e. The zero-order valence-electron chi connectivity index (χ0n) is 18.2. The number of carbonyl (C=O) groups is 6. The van der Waals surface area contributed by atoms with Crippen molar-refractivity contribution >= 4 is 54.7 Å². The monoisotopic (exact) mass is 466 g/mol. The lowest BCUT2D eigenvalue weighted by molar-refractivity contribution is -0.146. The Morgan fingerprint density at radius 3 is 1.77 bits per heavy atom. The van der Waals surface area contributed by atoms with Gasteiger partial charge in [-0.05, 0) is 9.25 Å². The van der Waals surface area contributed by atoms with E-state index in [1.54, 1.807) is 20.8 Å². The fraction of sp³-hybridized carbons (Fsp3) is 0.667. The predicted molar refractivity (Wildman–Crippen MR) is 115 cm³/mol. The third kappa shape index (κ3) is 7.63. The fourth-order valence-electron chi connectivity index (χ4n) is 1.98. The second-order valence-corrected chi connectivity index (χ2v) is 12.2. The fourth-order valence-corrected chi connectivity index (χ4v) is 6.52. The average molecular weight is 467 g/mol. The van der Waals surface area contributed by atoms with Crippen LogP contribution in [0.1, 0.15) is 34.6 Å². The summed E-state index contributed by atoms with van der Waals surface area (Å²) in [6.07, 6.45) is 0. The second-order valence-electron chi connectivity index (χ2n) is 6.72. The average Bonchev–Trinajstić information content (AvgIpc) is 2.72. The minimum Gasteiger partial charge on any atom is -0.467 e. The first-order valence-corrected chi connectivity index (χ1v) is 12.5. The zero-order valence-corrected chi connectivity index (χ0v) is 19.9. The van der Waals surface area contributed by atoms with Gasteiger partial charge < -0.3 is 14.8 Å². The van der Waals surface area contributed by atoms with Gasteiger partial charge in [0, 0.05) is 23.3 Å². The van der Waals surface area contributed by atoms with Crippen molar-refractivity contribution in [1.29, 1.82) is 0 Å². The Bertz CT molecular complexity index is 696. The maximum absolute atomic E-state index is 12.5. The van der Waals surface area contributed by atoms with Gasteiger partial charge in [0.1, 0.15) is 6.04 Å². The number of carbonyl (C=O) groups excluding carboxylic acids is 6. The van der Waals surface area contributed by atoms with Crippen LogP contribution in [0, 0.1) is 11.8 Å². The summed E-state index contributed by atoms with van der Waals surface area (Å²) in [7, 11) is 0.359. The summed E-state index contributed by atoms with van der Waals surface area (Å²) >= 11 is 0. The van der Waals surface area contributed by atoms with Gasteiger partial charge in [0.15, 0.2) is 0 Å². The van der Waals surface area contributed by atoms with Crippen LogP contribution >= 0.6 is 20.0 Å². The summed E-state index contributed by atoms with van der Waals surface area (Å²) in [6.45, 7) is 7.78. The van der Waals surface area contributed by atoms with Gasteiger partial charge in [-0.2, -0.15) is 0 Å². The Kier molecular flexibility index (Phi) is 11.7. The van der Waals surface area contributed by atoms with E-state index in [0.29, 0.717) is 0 Å². The minimum atomic E-state index is -2.76. The lowest BCUT2D eigenvalue weighted by atomic mass is 10.1. The van der Waals surface area contributed by atoms with E-state index < -0.39 is 61.8 Å². The molecule has 0 aromatic heterocycles. The highest BCUT2D eigenvalue weighted by Gasteiger charge is 2.39. The van der Waals surface area contributed by atoms with Crippen LogP contribution in [0.5, 0.6) is 0 Å². The molecule has 0 aromatic carbocycles. The summed E-state index contributed by atoms with van der Waals surface area (Å²) in [4.78, 5) is 72.8. The quantitative estimate of drug-likeness (QED) is 0.277. The van der Waals surface area contributed by atoms with Crippen molar-refractivity contribution in [3.63, 3.8) is 0 Å². The summed E-state index contributed by atoms with van der Waals surface area (Å²) in [6, 6.07) is -1.25. The highest BCUT2D eigenvalue weighted by molar-refractivity contribution is 8.99. The molecule has 12 heteroatoms. The first kappa shape index (κ1) is 27.9. The largest absolute Gasteiger partial charge is 0.467 e. The molecule has 0 aromatic rings. The highest BCUT2D eigenvalue weighted by atomic mass is 33.2. The molecule has 30 heavy (non-hydrogen) atoms. The van der Waals surface area contributed by atoms with E-state index in [9.17, 15) is 28.8 Å². The van der Waals surface area contributed by atoms with Crippen LogP contribution in [0.2, 0.25) is 0 Å². The van der Waals surface area contributed by atoms with E-state index in [2.05, 4.69) is 14.8 Å². The second kappa shape index (κ2) is 12.6. The lowest BCUT2D eigenvalue weighted by Gasteiger charge is -2.35. The van der Waals surface area contributed by atoms with Crippen molar-refractivity contribution in [1.82, 2.24) is 10.0 Å². The molecule has 0 spiro atoms. The Morgan fingerprint density at radius 2 is 1.37 bits per heavy atom. The van der Waals surface area contributed by atoms with Crippen LogP contribution in [0.4, 0.5) is 4.79 Å². The van der Waals surface area contributed by atoms with E-state index in [4.69, 9.17) is 4.74 Å². The molecule has 0 heterocycles. The molecule has 2 amide bonds. The summed E-state index contributed by atoms with van der Waals surface area (Å²) < 4.78 is 11.9. The third-order valence-electron chi connectivity index (χ3n) is 3.82. The van der Waals surface area contributed by atoms with E-state index in [1.165, 1.54) is 13.8 Å². The Balaban J connectivity index is 5.67. The molecule has 0 aliphatic carbocycles. The zero-order chi connectivity index (χ0) is 23.6. The van der Waals surface area contributed by atoms with Crippen molar-refractivity contribution in [2.45, 2.75) is 40.7 Å². The molecule has 0 aliphatic rings. The number of ketones is 2. The molecule has 0 saturated heterocycles. The molecular formula is C18H30N2O8S2. The number of methoxy groups -OCH3 is 2. The first-order valence-electron chi connectivity index (χ1n) is 9.18. The van der Waals surface area contributed by atoms with Gasteiger partial charge in [-0.3, -0.25) is 23.9 Å². The highest BCUT2D eigenvalue weighted by Crippen LogP contribution is 2.57. The topological polar surface area (TPSA) is 145 Å². The molecule has 172 valence electrons. The van der Waals surface area contributed by atoms with Gasteiger partial charge in [0.2, 0.25) is 11.6 Å². The van der Waals surface area contributed by atoms with E-state index in [0.717, 1.165) is 25.0 Å². The molecule has 10 nitrogen and oxygen atoms in total. The van der Waals surface area contributed by atoms with Crippen molar-refractivity contribution in [3.8, 4) is 0 Å². The Hall–Kier alpha value is -2.08. The van der Waals surface area contributed by atoms with Crippen LogP contribution in [-0.2, 0) is 33.4 Å². The van der Waals surface area contributed by atoms with Crippen LogP contribution in [0.3, 0.4) is 0 Å². The van der Waals surface area contributed by atoms with Crippen LogP contribution < -0.4 is 10.0 Å². The molecule has 0 rings (SSSR count). The molecule has 0 saturated carbocycles. The number of hydrogen-bond acceptors (Lipinski definition) is 9. The number of Topliss-reactive ketones (excluding diaryl/α,β-unsaturated/α-hetero) is 2. The lowest BCUT2D eigenvalue weighted by Crippen LogP contribution is -2.47. The normalized spacial score (nSPS) is 14.8. The van der Waals surface area contributed by atoms with Crippen molar-refractivity contribution in [2.24, 2.45) is 11.8 Å². The Labute approximate surface area is 181 Å². The number of rotatable bonds is 10. The molecule has 0 radical (unpaired) electrons. The van der Waals surface area contributed by atoms with Crippen molar-refractivity contribution in [3.05, 3.63) is 0 Å². The maximum atomic E-state index is 12.5. The molecular weight excluding hydrogens is 436 g/mol. The molecule has 2 unspecified atom stereocenters. The van der Waals surface area contributed by atoms with E-state index >= 15 is 0 Å². The van der Waals surface area contributed by atoms with Gasteiger partial charge >= 0.3 is 11.3 Å². The van der Waals surface area contributed by atoms with Crippen LogP contribution in [0.15, 0.2) is 0 Å². The van der Waals surface area contributed by atoms with Gasteiger partial charge in [-0.15, -0.1) is 0 Å². The van der Waals surface area contributed by atoms with Gasteiger partial charge in [-0.1, -0.05) is 45.4 Å². The Morgan fingerprint density at radius 1 is 0.867 bits per heavy atom.